The van der Waals surface area contributed by atoms with E-state index < -0.39 is 0 Å². The highest BCUT2D eigenvalue weighted by atomic mass is 79.9. The van der Waals surface area contributed by atoms with Crippen LogP contribution in [0.4, 0.5) is 8.78 Å². The summed E-state index contributed by atoms with van der Waals surface area (Å²) in [4.78, 5) is 0. The zero-order valence-electron chi connectivity index (χ0n) is 11.0. The smallest absolute Gasteiger partial charge is 0.137 e. The van der Waals surface area contributed by atoms with Crippen molar-refractivity contribution in [1.29, 1.82) is 0 Å². The summed E-state index contributed by atoms with van der Waals surface area (Å²) in [6.45, 7) is 1.71. The van der Waals surface area contributed by atoms with Crippen LogP contribution in [0.5, 0.6) is 0 Å². The summed E-state index contributed by atoms with van der Waals surface area (Å²) >= 11 is 3.14. The van der Waals surface area contributed by atoms with Gasteiger partial charge in [0.2, 0.25) is 0 Å². The molecule has 1 atom stereocenters. The van der Waals surface area contributed by atoms with Gasteiger partial charge >= 0.3 is 0 Å². The van der Waals surface area contributed by atoms with Gasteiger partial charge in [-0.1, -0.05) is 24.3 Å². The lowest BCUT2D eigenvalue weighted by Crippen LogP contribution is -2.30. The lowest BCUT2D eigenvalue weighted by Gasteiger charge is -2.18. The first kappa shape index (κ1) is 15.1. The van der Waals surface area contributed by atoms with E-state index in [2.05, 4.69) is 21.4 Å². The third kappa shape index (κ3) is 3.23. The molecule has 1 unspecified atom stereocenters. The second kappa shape index (κ2) is 6.43. The molecule has 0 heterocycles. The van der Waals surface area contributed by atoms with Crippen LogP contribution in [-0.2, 0) is 6.42 Å². The van der Waals surface area contributed by atoms with E-state index in [1.165, 1.54) is 6.07 Å². The quantitative estimate of drug-likeness (QED) is 0.656. The van der Waals surface area contributed by atoms with Crippen molar-refractivity contribution in [3.63, 3.8) is 0 Å². The molecular formula is C15H15BrF2N2. The van der Waals surface area contributed by atoms with Crippen molar-refractivity contribution in [3.05, 3.63) is 69.2 Å². The van der Waals surface area contributed by atoms with Gasteiger partial charge in [-0.3, -0.25) is 11.3 Å². The van der Waals surface area contributed by atoms with Crippen LogP contribution >= 0.6 is 15.9 Å². The van der Waals surface area contributed by atoms with Crippen LogP contribution in [0.25, 0.3) is 0 Å². The fraction of sp³-hybridized carbons (Fsp3) is 0.200. The predicted molar refractivity (Wildman–Crippen MR) is 79.0 cm³/mol. The molecule has 2 nitrogen and oxygen atoms in total. The summed E-state index contributed by atoms with van der Waals surface area (Å²) in [5.41, 5.74) is 4.56. The van der Waals surface area contributed by atoms with Crippen molar-refractivity contribution in [3.8, 4) is 0 Å². The molecule has 0 aliphatic carbocycles. The minimum Gasteiger partial charge on any atom is -0.271 e. The Hall–Kier alpha value is -1.30. The van der Waals surface area contributed by atoms with Crippen LogP contribution in [0.15, 0.2) is 40.9 Å². The van der Waals surface area contributed by atoms with Crippen molar-refractivity contribution in [2.75, 3.05) is 0 Å². The molecule has 106 valence electrons. The van der Waals surface area contributed by atoms with E-state index in [0.29, 0.717) is 22.0 Å². The highest BCUT2D eigenvalue weighted by molar-refractivity contribution is 9.10. The fourth-order valence-electron chi connectivity index (χ4n) is 2.10. The van der Waals surface area contributed by atoms with E-state index in [1.807, 2.05) is 0 Å². The lowest BCUT2D eigenvalue weighted by molar-refractivity contribution is 0.507. The average molecular weight is 341 g/mol. The Balaban J connectivity index is 2.28. The maximum Gasteiger partial charge on any atom is 0.137 e. The zero-order valence-corrected chi connectivity index (χ0v) is 12.5. The zero-order chi connectivity index (χ0) is 14.7. The number of nitrogens with one attached hydrogen (secondary N) is 1. The Morgan fingerprint density at radius 2 is 2.00 bits per heavy atom. The number of aryl methyl sites for hydroxylation is 1. The molecule has 0 fully saturated rings. The van der Waals surface area contributed by atoms with Crippen LogP contribution in [0, 0.1) is 18.6 Å². The van der Waals surface area contributed by atoms with Crippen LogP contribution in [0.3, 0.4) is 0 Å². The summed E-state index contributed by atoms with van der Waals surface area (Å²) in [6, 6.07) is 9.54. The van der Waals surface area contributed by atoms with Crippen molar-refractivity contribution in [1.82, 2.24) is 5.43 Å². The second-order valence-corrected chi connectivity index (χ2v) is 5.50. The number of hydrazine groups is 1. The molecule has 3 N–H and O–H groups in total. The fourth-order valence-corrected chi connectivity index (χ4v) is 2.53. The van der Waals surface area contributed by atoms with Gasteiger partial charge < -0.3 is 0 Å². The van der Waals surface area contributed by atoms with Gasteiger partial charge in [0, 0.05) is 5.56 Å². The molecule has 20 heavy (non-hydrogen) atoms. The van der Waals surface area contributed by atoms with Gasteiger partial charge in [0.25, 0.3) is 0 Å². The molecule has 0 saturated heterocycles. The van der Waals surface area contributed by atoms with E-state index in [1.54, 1.807) is 37.3 Å². The molecule has 0 spiro atoms. The Bertz CT molecular complexity index is 617. The molecule has 2 aromatic rings. The molecular weight excluding hydrogens is 326 g/mol. The standard InChI is InChI=1S/C15H15BrF2N2/c1-9-3-2-4-11(15(9)18)14(20-19)8-10-5-6-13(17)12(16)7-10/h2-7,14,20H,8,19H2,1H3. The Kier molecular flexibility index (Phi) is 4.86. The molecule has 0 radical (unpaired) electrons. The predicted octanol–water partition coefficient (Wildman–Crippen LogP) is 3.78. The minimum atomic E-state index is -0.368. The molecule has 0 bridgehead atoms. The molecule has 2 rings (SSSR count). The molecule has 0 aliphatic heterocycles. The largest absolute Gasteiger partial charge is 0.271 e. The number of benzene rings is 2. The van der Waals surface area contributed by atoms with E-state index >= 15 is 0 Å². The summed E-state index contributed by atoms with van der Waals surface area (Å²) in [5.74, 6) is 4.94. The van der Waals surface area contributed by atoms with Crippen molar-refractivity contribution >= 4 is 15.9 Å². The monoisotopic (exact) mass is 340 g/mol. The molecule has 5 heteroatoms. The van der Waals surface area contributed by atoms with Crippen molar-refractivity contribution in [2.45, 2.75) is 19.4 Å². The van der Waals surface area contributed by atoms with Gasteiger partial charge in [-0.05, 0) is 52.5 Å². The number of hydrogen-bond donors (Lipinski definition) is 2. The molecule has 0 amide bonds. The first-order valence-corrected chi connectivity index (χ1v) is 6.97. The van der Waals surface area contributed by atoms with E-state index in [0.717, 1.165) is 5.56 Å². The van der Waals surface area contributed by atoms with E-state index in [9.17, 15) is 8.78 Å². The number of hydrogen-bond acceptors (Lipinski definition) is 2. The topological polar surface area (TPSA) is 38.0 Å². The number of rotatable bonds is 4. The summed E-state index contributed by atoms with van der Waals surface area (Å²) in [6.07, 6.45) is 0.468. The van der Waals surface area contributed by atoms with E-state index in [-0.39, 0.29) is 17.7 Å². The maximum atomic E-state index is 14.1. The normalized spacial score (nSPS) is 12.4. The van der Waals surface area contributed by atoms with Crippen LogP contribution in [0.1, 0.15) is 22.7 Å². The van der Waals surface area contributed by atoms with Crippen molar-refractivity contribution in [2.24, 2.45) is 5.84 Å². The molecule has 0 aromatic heterocycles. The van der Waals surface area contributed by atoms with Gasteiger partial charge in [-0.25, -0.2) is 8.78 Å². The SMILES string of the molecule is Cc1cccc(C(Cc2ccc(F)c(Br)c2)NN)c1F. The van der Waals surface area contributed by atoms with Crippen molar-refractivity contribution < 1.29 is 8.78 Å². The third-order valence-electron chi connectivity index (χ3n) is 3.22. The van der Waals surface area contributed by atoms with Gasteiger partial charge in [-0.2, -0.15) is 0 Å². The first-order chi connectivity index (χ1) is 9.52. The summed E-state index contributed by atoms with van der Waals surface area (Å²) < 4.78 is 27.7. The Labute approximate surface area is 125 Å². The third-order valence-corrected chi connectivity index (χ3v) is 3.83. The van der Waals surface area contributed by atoms with Gasteiger partial charge in [0.15, 0.2) is 0 Å². The van der Waals surface area contributed by atoms with E-state index in [4.69, 9.17) is 5.84 Å². The molecule has 0 saturated carbocycles. The highest BCUT2D eigenvalue weighted by Gasteiger charge is 2.16. The van der Waals surface area contributed by atoms with Gasteiger partial charge in [0.1, 0.15) is 11.6 Å². The average Bonchev–Trinajstić information content (AvgIpc) is 2.43. The van der Waals surface area contributed by atoms with Crippen LogP contribution in [-0.4, -0.2) is 0 Å². The molecule has 0 aliphatic rings. The molecule has 2 aromatic carbocycles. The Morgan fingerprint density at radius 3 is 2.65 bits per heavy atom. The highest BCUT2D eigenvalue weighted by Crippen LogP contribution is 2.24. The van der Waals surface area contributed by atoms with Crippen LogP contribution < -0.4 is 11.3 Å². The summed E-state index contributed by atoms with van der Waals surface area (Å²) in [7, 11) is 0. The number of nitrogens with two attached hydrogens (primary N) is 1. The van der Waals surface area contributed by atoms with Crippen LogP contribution in [0.2, 0.25) is 0 Å². The first-order valence-electron chi connectivity index (χ1n) is 6.18. The maximum absolute atomic E-state index is 14.1. The Morgan fingerprint density at radius 1 is 1.25 bits per heavy atom. The minimum absolute atomic E-state index is 0.267. The lowest BCUT2D eigenvalue weighted by atomic mass is 9.97. The summed E-state index contributed by atoms with van der Waals surface area (Å²) in [5, 5.41) is 0. The van der Waals surface area contributed by atoms with Gasteiger partial charge in [-0.15, -0.1) is 0 Å². The van der Waals surface area contributed by atoms with Gasteiger partial charge in [0.05, 0.1) is 10.5 Å². The number of halogens is 3. The second-order valence-electron chi connectivity index (χ2n) is 4.65.